The number of aryl methyl sites for hydroxylation is 1. The molecule has 4 nitrogen and oxygen atoms in total. The third-order valence-corrected chi connectivity index (χ3v) is 7.36. The van der Waals surface area contributed by atoms with Gasteiger partial charge >= 0.3 is 0 Å². The minimum absolute atomic E-state index is 0.0956. The van der Waals surface area contributed by atoms with Crippen LogP contribution in [0.15, 0.2) is 29.2 Å². The molecule has 1 aromatic heterocycles. The van der Waals surface area contributed by atoms with Gasteiger partial charge in [0.1, 0.15) is 0 Å². The van der Waals surface area contributed by atoms with Gasteiger partial charge in [-0.3, -0.25) is 4.79 Å². The highest BCUT2D eigenvalue weighted by atomic mass is 32.2. The normalized spacial score (nSPS) is 19.0. The molecule has 2 heterocycles. The largest absolute Gasteiger partial charge is 0.344 e. The van der Waals surface area contributed by atoms with Crippen LogP contribution in [0.1, 0.15) is 34.2 Å². The van der Waals surface area contributed by atoms with Gasteiger partial charge in [0, 0.05) is 27.9 Å². The first kappa shape index (κ1) is 19.1. The maximum Gasteiger partial charge on any atom is 0.174 e. The van der Waals surface area contributed by atoms with Crippen molar-refractivity contribution in [3.63, 3.8) is 0 Å². The van der Waals surface area contributed by atoms with Gasteiger partial charge in [-0.15, -0.1) is 11.8 Å². The number of sulfone groups is 1. The smallest absolute Gasteiger partial charge is 0.174 e. The summed E-state index contributed by atoms with van der Waals surface area (Å²) in [5.41, 5.74) is 2.15. The van der Waals surface area contributed by atoms with E-state index in [1.807, 2.05) is 18.4 Å². The second kappa shape index (κ2) is 7.15. The van der Waals surface area contributed by atoms with Crippen LogP contribution in [0.4, 0.5) is 8.78 Å². The van der Waals surface area contributed by atoms with Crippen LogP contribution in [0.3, 0.4) is 0 Å². The molecule has 1 atom stereocenters. The summed E-state index contributed by atoms with van der Waals surface area (Å²) >= 11 is 1.14. The molecular formula is C18H19F2NO3S2. The van der Waals surface area contributed by atoms with Crippen molar-refractivity contribution in [2.75, 3.05) is 17.3 Å². The first-order valence-electron chi connectivity index (χ1n) is 8.18. The van der Waals surface area contributed by atoms with Gasteiger partial charge in [-0.1, -0.05) is 0 Å². The molecule has 1 unspecified atom stereocenters. The molecule has 3 rings (SSSR count). The summed E-state index contributed by atoms with van der Waals surface area (Å²) in [6.45, 7) is 3.67. The van der Waals surface area contributed by atoms with Gasteiger partial charge < -0.3 is 4.57 Å². The fourth-order valence-corrected chi connectivity index (χ4v) is 5.90. The number of Topliss-reactive ketones (excluding diaryl/α,β-unsaturated/α-hetero) is 1. The van der Waals surface area contributed by atoms with Crippen molar-refractivity contribution in [2.24, 2.45) is 0 Å². The molecule has 1 fully saturated rings. The second-order valence-corrected chi connectivity index (χ2v) is 9.78. The summed E-state index contributed by atoms with van der Waals surface area (Å²) in [7, 11) is -3.02. The lowest BCUT2D eigenvalue weighted by Crippen LogP contribution is -2.14. The molecule has 1 aliphatic heterocycles. The Bertz CT molecular complexity index is 967. The quantitative estimate of drug-likeness (QED) is 0.568. The van der Waals surface area contributed by atoms with E-state index >= 15 is 0 Å². The van der Waals surface area contributed by atoms with Gasteiger partial charge in [0.05, 0.1) is 17.3 Å². The molecule has 2 aromatic rings. The van der Waals surface area contributed by atoms with Gasteiger partial charge in [0.2, 0.25) is 0 Å². The predicted octanol–water partition coefficient (Wildman–Crippen LogP) is 3.72. The number of nitrogens with zero attached hydrogens (tertiary/aromatic N) is 1. The Morgan fingerprint density at radius 3 is 2.58 bits per heavy atom. The molecule has 0 N–H and O–H groups in total. The van der Waals surface area contributed by atoms with Crippen molar-refractivity contribution in [1.29, 1.82) is 0 Å². The predicted molar refractivity (Wildman–Crippen MR) is 97.6 cm³/mol. The highest BCUT2D eigenvalue weighted by molar-refractivity contribution is 8.00. The number of aromatic nitrogens is 1. The Hall–Kier alpha value is -1.67. The lowest BCUT2D eigenvalue weighted by Gasteiger charge is -2.16. The van der Waals surface area contributed by atoms with Crippen molar-refractivity contribution in [1.82, 2.24) is 4.57 Å². The fraction of sp³-hybridized carbons (Fsp3) is 0.389. The number of hydrogen-bond acceptors (Lipinski definition) is 4. The molecule has 1 aromatic carbocycles. The summed E-state index contributed by atoms with van der Waals surface area (Å²) in [6.07, 6.45) is 0.552. The van der Waals surface area contributed by atoms with E-state index in [0.29, 0.717) is 16.9 Å². The first-order valence-corrected chi connectivity index (χ1v) is 11.0. The zero-order valence-corrected chi connectivity index (χ0v) is 16.1. The number of benzene rings is 1. The first-order chi connectivity index (χ1) is 12.2. The molecule has 1 aliphatic rings. The lowest BCUT2D eigenvalue weighted by atomic mass is 10.2. The molecule has 0 radical (unpaired) electrons. The van der Waals surface area contributed by atoms with Gasteiger partial charge in [-0.2, -0.15) is 0 Å². The SMILES string of the molecule is Cc1cc(C(=O)CSc2ccc(F)c(F)c2)c(C)n1C1CCS(=O)(=O)C1. The van der Waals surface area contributed by atoms with Crippen LogP contribution in [-0.2, 0) is 9.84 Å². The van der Waals surface area contributed by atoms with Crippen molar-refractivity contribution < 1.29 is 22.0 Å². The topological polar surface area (TPSA) is 56.1 Å². The van der Waals surface area contributed by atoms with Crippen LogP contribution in [0, 0.1) is 25.5 Å². The molecule has 0 saturated carbocycles. The molecular weight excluding hydrogens is 380 g/mol. The van der Waals surface area contributed by atoms with Gasteiger partial charge in [0.25, 0.3) is 0 Å². The van der Waals surface area contributed by atoms with Crippen LogP contribution in [-0.4, -0.2) is 36.0 Å². The van der Waals surface area contributed by atoms with Crippen molar-refractivity contribution in [3.05, 3.63) is 52.9 Å². The maximum absolute atomic E-state index is 13.3. The average molecular weight is 399 g/mol. The number of carbonyl (C=O) groups is 1. The standard InChI is InChI=1S/C18H19F2NO3S2/c1-11-7-15(12(2)21(11)13-5-6-26(23,24)10-13)18(22)9-25-14-3-4-16(19)17(20)8-14/h3-4,7-8,13H,5-6,9-10H2,1-2H3. The molecule has 1 saturated heterocycles. The number of rotatable bonds is 5. The average Bonchev–Trinajstić information content (AvgIpc) is 3.07. The molecule has 0 aliphatic carbocycles. The number of carbonyl (C=O) groups excluding carboxylic acids is 1. The second-order valence-electron chi connectivity index (χ2n) is 6.50. The summed E-state index contributed by atoms with van der Waals surface area (Å²) in [5, 5.41) is 0. The Labute approximate surface area is 155 Å². The van der Waals surface area contributed by atoms with Crippen LogP contribution in [0.2, 0.25) is 0 Å². The number of ketones is 1. The number of thioether (sulfide) groups is 1. The van der Waals surface area contributed by atoms with Gasteiger partial charge in [0.15, 0.2) is 27.3 Å². The van der Waals surface area contributed by atoms with Gasteiger partial charge in [-0.05, 0) is 44.5 Å². The summed E-state index contributed by atoms with van der Waals surface area (Å²) in [5.74, 6) is -1.62. The zero-order chi connectivity index (χ0) is 19.1. The van der Waals surface area contributed by atoms with E-state index < -0.39 is 21.5 Å². The third kappa shape index (κ3) is 3.86. The maximum atomic E-state index is 13.3. The Balaban J connectivity index is 1.76. The molecule has 0 spiro atoms. The van der Waals surface area contributed by atoms with Gasteiger partial charge in [-0.25, -0.2) is 17.2 Å². The highest BCUT2D eigenvalue weighted by Gasteiger charge is 2.31. The zero-order valence-electron chi connectivity index (χ0n) is 14.5. The Morgan fingerprint density at radius 2 is 1.96 bits per heavy atom. The Morgan fingerprint density at radius 1 is 1.23 bits per heavy atom. The van der Waals surface area contributed by atoms with Crippen LogP contribution < -0.4 is 0 Å². The highest BCUT2D eigenvalue weighted by Crippen LogP contribution is 2.30. The minimum Gasteiger partial charge on any atom is -0.344 e. The number of halogens is 2. The monoisotopic (exact) mass is 399 g/mol. The fourth-order valence-electron chi connectivity index (χ4n) is 3.39. The van der Waals surface area contributed by atoms with E-state index in [9.17, 15) is 22.0 Å². The Kier molecular flexibility index (Phi) is 5.25. The molecule has 0 amide bonds. The molecule has 0 bridgehead atoms. The summed E-state index contributed by atoms with van der Waals surface area (Å²) < 4.78 is 51.7. The number of hydrogen-bond donors (Lipinski definition) is 0. The van der Waals surface area contributed by atoms with Crippen LogP contribution in [0.5, 0.6) is 0 Å². The third-order valence-electron chi connectivity index (χ3n) is 4.62. The van der Waals surface area contributed by atoms with Crippen molar-refractivity contribution >= 4 is 27.4 Å². The van der Waals surface area contributed by atoms with Crippen molar-refractivity contribution in [3.8, 4) is 0 Å². The molecule has 8 heteroatoms. The van der Waals surface area contributed by atoms with E-state index in [4.69, 9.17) is 0 Å². The van der Waals surface area contributed by atoms with Crippen molar-refractivity contribution in [2.45, 2.75) is 31.2 Å². The summed E-state index contributed by atoms with van der Waals surface area (Å²) in [6, 6.07) is 5.17. The minimum atomic E-state index is -3.02. The summed E-state index contributed by atoms with van der Waals surface area (Å²) in [4.78, 5) is 13.1. The lowest BCUT2D eigenvalue weighted by molar-refractivity contribution is 0.102. The van der Waals surface area contributed by atoms with E-state index in [2.05, 4.69) is 0 Å². The van der Waals surface area contributed by atoms with E-state index in [-0.39, 0.29) is 29.1 Å². The molecule has 26 heavy (non-hydrogen) atoms. The van der Waals surface area contributed by atoms with E-state index in [1.165, 1.54) is 6.07 Å². The van der Waals surface area contributed by atoms with Crippen LogP contribution in [0.25, 0.3) is 0 Å². The van der Waals surface area contributed by atoms with Crippen LogP contribution >= 0.6 is 11.8 Å². The van der Waals surface area contributed by atoms with E-state index in [1.54, 1.807) is 6.07 Å². The molecule has 140 valence electrons. The van der Waals surface area contributed by atoms with E-state index in [0.717, 1.165) is 35.3 Å².